The highest BCUT2D eigenvalue weighted by molar-refractivity contribution is 7.98. The molecule has 0 spiro atoms. The van der Waals surface area contributed by atoms with E-state index in [-0.39, 0.29) is 25.1 Å². The van der Waals surface area contributed by atoms with Gasteiger partial charge in [0.1, 0.15) is 12.4 Å². The van der Waals surface area contributed by atoms with Crippen LogP contribution in [-0.2, 0) is 19.1 Å². The van der Waals surface area contributed by atoms with Crippen LogP contribution in [0.2, 0.25) is 0 Å². The van der Waals surface area contributed by atoms with Crippen molar-refractivity contribution < 1.29 is 23.8 Å². The van der Waals surface area contributed by atoms with Crippen molar-refractivity contribution in [1.29, 1.82) is 0 Å². The van der Waals surface area contributed by atoms with Crippen molar-refractivity contribution in [2.24, 2.45) is 0 Å². The highest BCUT2D eigenvalue weighted by atomic mass is 32.2. The molecular weight excluding hydrogens is 330 g/mol. The van der Waals surface area contributed by atoms with Crippen LogP contribution in [0.5, 0.6) is 5.75 Å². The van der Waals surface area contributed by atoms with E-state index in [1.54, 1.807) is 23.9 Å². The van der Waals surface area contributed by atoms with Gasteiger partial charge in [-0.3, -0.25) is 9.59 Å². The van der Waals surface area contributed by atoms with E-state index in [2.05, 4.69) is 5.32 Å². The van der Waals surface area contributed by atoms with Gasteiger partial charge in [-0.25, -0.2) is 0 Å². The Balaban J connectivity index is 2.65. The number of anilines is 1. The van der Waals surface area contributed by atoms with Crippen molar-refractivity contribution in [2.45, 2.75) is 26.4 Å². The fraction of sp³-hybridized carbons (Fsp3) is 0.529. The van der Waals surface area contributed by atoms with E-state index in [0.29, 0.717) is 24.5 Å². The molecule has 0 radical (unpaired) electrons. The Kier molecular flexibility index (Phi) is 9.95. The monoisotopic (exact) mass is 355 g/mol. The molecule has 6 nitrogen and oxygen atoms in total. The number of benzene rings is 1. The number of esters is 1. The largest absolute Gasteiger partial charge is 0.487 e. The summed E-state index contributed by atoms with van der Waals surface area (Å²) >= 11 is 1.62. The van der Waals surface area contributed by atoms with Crippen LogP contribution in [0.25, 0.3) is 0 Å². The molecule has 134 valence electrons. The number of carbonyl (C=O) groups is 2. The number of rotatable bonds is 11. The highest BCUT2D eigenvalue weighted by Crippen LogP contribution is 2.24. The number of hydrogen-bond acceptors (Lipinski definition) is 6. The maximum absolute atomic E-state index is 11.9. The molecule has 1 aromatic rings. The fourth-order valence-corrected chi connectivity index (χ4v) is 2.28. The summed E-state index contributed by atoms with van der Waals surface area (Å²) in [6.07, 6.45) is 1.90. The second-order valence-electron chi connectivity index (χ2n) is 4.99. The first-order chi connectivity index (χ1) is 11.6. The van der Waals surface area contributed by atoms with Crippen LogP contribution in [0.15, 0.2) is 24.3 Å². The topological polar surface area (TPSA) is 73.9 Å². The maximum atomic E-state index is 11.9. The summed E-state index contributed by atoms with van der Waals surface area (Å²) in [7, 11) is 0. The summed E-state index contributed by atoms with van der Waals surface area (Å²) < 4.78 is 16.2. The van der Waals surface area contributed by atoms with Crippen molar-refractivity contribution in [3.63, 3.8) is 0 Å². The number of hydrogen-bond donors (Lipinski definition) is 1. The molecule has 1 rings (SSSR count). The van der Waals surface area contributed by atoms with Crippen LogP contribution in [-0.4, -0.2) is 49.8 Å². The third-order valence-electron chi connectivity index (χ3n) is 2.96. The number of thioether (sulfide) groups is 1. The molecule has 0 bridgehead atoms. The quantitative estimate of drug-likeness (QED) is 0.615. The minimum atomic E-state index is -0.498. The Hall–Kier alpha value is -1.73. The smallest absolute Gasteiger partial charge is 0.303 e. The predicted molar refractivity (Wildman–Crippen MR) is 95.6 cm³/mol. The van der Waals surface area contributed by atoms with Gasteiger partial charge in [0.25, 0.3) is 0 Å². The molecular formula is C17H25NO5S. The van der Waals surface area contributed by atoms with E-state index in [0.717, 1.165) is 5.75 Å². The Morgan fingerprint density at radius 1 is 1.25 bits per heavy atom. The first-order valence-corrected chi connectivity index (χ1v) is 9.21. The molecule has 7 heteroatoms. The number of nitrogens with one attached hydrogen (secondary N) is 1. The van der Waals surface area contributed by atoms with Crippen molar-refractivity contribution >= 4 is 29.3 Å². The third kappa shape index (κ3) is 8.21. The molecule has 1 aromatic carbocycles. The number of amides is 1. The van der Waals surface area contributed by atoms with Crippen LogP contribution in [0.3, 0.4) is 0 Å². The fourth-order valence-electron chi connectivity index (χ4n) is 1.89. The molecule has 0 aliphatic carbocycles. The van der Waals surface area contributed by atoms with Gasteiger partial charge in [0, 0.05) is 25.7 Å². The Labute approximate surface area is 147 Å². The third-order valence-corrected chi connectivity index (χ3v) is 3.57. The Morgan fingerprint density at radius 2 is 2.00 bits per heavy atom. The van der Waals surface area contributed by atoms with E-state index < -0.39 is 6.10 Å². The van der Waals surface area contributed by atoms with Gasteiger partial charge in [0.15, 0.2) is 6.10 Å². The number of carbonyl (C=O) groups excluding carboxylic acids is 2. The second-order valence-corrected chi connectivity index (χ2v) is 5.97. The minimum absolute atomic E-state index is 0.0637. The second kappa shape index (κ2) is 11.8. The molecule has 0 fully saturated rings. The van der Waals surface area contributed by atoms with Crippen LogP contribution >= 0.6 is 11.8 Å². The molecule has 1 N–H and O–H groups in total. The molecule has 0 heterocycles. The lowest BCUT2D eigenvalue weighted by atomic mass is 10.2. The summed E-state index contributed by atoms with van der Waals surface area (Å²) in [5.41, 5.74) is 0.599. The number of ether oxygens (including phenoxy) is 3. The molecule has 0 saturated heterocycles. The lowest BCUT2D eigenvalue weighted by Crippen LogP contribution is -2.29. The van der Waals surface area contributed by atoms with Gasteiger partial charge < -0.3 is 19.5 Å². The van der Waals surface area contributed by atoms with E-state index in [4.69, 9.17) is 14.2 Å². The molecule has 0 aliphatic rings. The average Bonchev–Trinajstić information content (AvgIpc) is 2.56. The van der Waals surface area contributed by atoms with E-state index in [1.165, 1.54) is 6.92 Å². The molecule has 24 heavy (non-hydrogen) atoms. The van der Waals surface area contributed by atoms with Gasteiger partial charge in [-0.05, 0) is 25.3 Å². The molecule has 0 aromatic heterocycles. The Morgan fingerprint density at radius 3 is 2.67 bits per heavy atom. The standard InChI is InChI=1S/C17H25NO5S/c1-4-21-11-14(23-13(2)19)12-22-16-8-6-5-7-15(16)18-17(20)9-10-24-3/h5-8,14H,4,9-12H2,1-3H3,(H,18,20). The lowest BCUT2D eigenvalue weighted by molar-refractivity contribution is -0.151. The van der Waals surface area contributed by atoms with Crippen molar-refractivity contribution in [3.05, 3.63) is 24.3 Å². The molecule has 1 unspecified atom stereocenters. The minimum Gasteiger partial charge on any atom is -0.487 e. The average molecular weight is 355 g/mol. The molecule has 0 saturated carbocycles. The van der Waals surface area contributed by atoms with Crippen LogP contribution in [0.4, 0.5) is 5.69 Å². The van der Waals surface area contributed by atoms with Crippen LogP contribution in [0.1, 0.15) is 20.3 Å². The summed E-state index contributed by atoms with van der Waals surface area (Å²) in [5.74, 6) is 0.842. The maximum Gasteiger partial charge on any atom is 0.303 e. The number of para-hydroxylation sites is 2. The zero-order chi connectivity index (χ0) is 17.8. The van der Waals surface area contributed by atoms with Gasteiger partial charge in [0.05, 0.1) is 12.3 Å². The summed E-state index contributed by atoms with van der Waals surface area (Å²) in [6.45, 7) is 4.15. The zero-order valence-corrected chi connectivity index (χ0v) is 15.2. The summed E-state index contributed by atoms with van der Waals surface area (Å²) in [4.78, 5) is 23.0. The van der Waals surface area contributed by atoms with Gasteiger partial charge in [-0.1, -0.05) is 12.1 Å². The SMILES string of the molecule is CCOCC(COc1ccccc1NC(=O)CCSC)OC(C)=O. The lowest BCUT2D eigenvalue weighted by Gasteiger charge is -2.19. The van der Waals surface area contributed by atoms with Crippen molar-refractivity contribution in [1.82, 2.24) is 0 Å². The van der Waals surface area contributed by atoms with Crippen LogP contribution in [0, 0.1) is 0 Å². The summed E-state index contributed by atoms with van der Waals surface area (Å²) in [6, 6.07) is 7.17. The molecule has 0 aliphatic heterocycles. The van der Waals surface area contributed by atoms with E-state index in [1.807, 2.05) is 25.3 Å². The highest BCUT2D eigenvalue weighted by Gasteiger charge is 2.15. The molecule has 1 atom stereocenters. The van der Waals surface area contributed by atoms with Gasteiger partial charge in [0.2, 0.25) is 5.91 Å². The Bertz CT molecular complexity index is 523. The molecule has 1 amide bonds. The van der Waals surface area contributed by atoms with Gasteiger partial charge >= 0.3 is 5.97 Å². The van der Waals surface area contributed by atoms with Gasteiger partial charge in [-0.2, -0.15) is 11.8 Å². The van der Waals surface area contributed by atoms with Crippen molar-refractivity contribution in [2.75, 3.05) is 37.1 Å². The zero-order valence-electron chi connectivity index (χ0n) is 14.4. The summed E-state index contributed by atoms with van der Waals surface area (Å²) in [5, 5.41) is 2.84. The van der Waals surface area contributed by atoms with E-state index in [9.17, 15) is 9.59 Å². The van der Waals surface area contributed by atoms with Crippen LogP contribution < -0.4 is 10.1 Å². The van der Waals surface area contributed by atoms with Crippen molar-refractivity contribution in [3.8, 4) is 5.75 Å². The van der Waals surface area contributed by atoms with Gasteiger partial charge in [-0.15, -0.1) is 0 Å². The predicted octanol–water partition coefficient (Wildman–Crippen LogP) is 2.73. The first kappa shape index (κ1) is 20.3. The van der Waals surface area contributed by atoms with E-state index >= 15 is 0 Å². The first-order valence-electron chi connectivity index (χ1n) is 7.82. The normalized spacial score (nSPS) is 11.6.